The van der Waals surface area contributed by atoms with Crippen LogP contribution in [0.4, 0.5) is 4.79 Å². The van der Waals surface area contributed by atoms with Gasteiger partial charge in [-0.2, -0.15) is 0 Å². The molecule has 0 aliphatic carbocycles. The van der Waals surface area contributed by atoms with Crippen LogP contribution in [-0.4, -0.2) is 40.6 Å². The van der Waals surface area contributed by atoms with Crippen LogP contribution in [-0.2, 0) is 9.53 Å². The fourth-order valence-corrected chi connectivity index (χ4v) is 1.47. The molecule has 0 heterocycles. The second kappa shape index (κ2) is 6.53. The van der Waals surface area contributed by atoms with Crippen LogP contribution >= 0.6 is 0 Å². The lowest BCUT2D eigenvalue weighted by Crippen LogP contribution is -2.44. The third kappa shape index (κ3) is 3.80. The van der Waals surface area contributed by atoms with Gasteiger partial charge in [-0.05, 0) is 26.0 Å². The van der Waals surface area contributed by atoms with E-state index in [2.05, 4.69) is 4.74 Å². The minimum atomic E-state index is -1.16. The predicted octanol–water partition coefficient (Wildman–Crippen LogP) is 1.76. The molecule has 0 aromatic heterocycles. The zero-order valence-electron chi connectivity index (χ0n) is 10.7. The highest BCUT2D eigenvalue weighted by atomic mass is 16.6. The zero-order valence-corrected chi connectivity index (χ0v) is 10.7. The summed E-state index contributed by atoms with van der Waals surface area (Å²) in [7, 11) is 0. The first-order valence-electron chi connectivity index (χ1n) is 5.78. The van der Waals surface area contributed by atoms with E-state index in [0.717, 1.165) is 4.90 Å². The lowest BCUT2D eigenvalue weighted by molar-refractivity contribution is -0.141. The molecule has 0 fully saturated rings. The van der Waals surface area contributed by atoms with Crippen LogP contribution in [0.15, 0.2) is 30.3 Å². The van der Waals surface area contributed by atoms with Crippen LogP contribution in [0.1, 0.15) is 24.2 Å². The standard InChI is InChI=1S/C13H15NO5/c1-3-14(9(2)11(15)16)13(18)19-12(17)10-7-5-4-6-8-10/h4-9H,3H2,1-2H3,(H,15,16)/t9-/m0/s1. The SMILES string of the molecule is CCN(C(=O)OC(=O)c1ccccc1)[C@@H](C)C(=O)O. The molecule has 0 aliphatic rings. The molecule has 1 atom stereocenters. The second-order valence-electron chi connectivity index (χ2n) is 3.82. The fraction of sp³-hybridized carbons (Fsp3) is 0.308. The van der Waals surface area contributed by atoms with Crippen molar-refractivity contribution < 1.29 is 24.2 Å². The van der Waals surface area contributed by atoms with Crippen molar-refractivity contribution in [1.82, 2.24) is 4.90 Å². The topological polar surface area (TPSA) is 83.9 Å². The highest BCUT2D eigenvalue weighted by Gasteiger charge is 2.27. The van der Waals surface area contributed by atoms with Gasteiger partial charge in [0.15, 0.2) is 0 Å². The largest absolute Gasteiger partial charge is 0.480 e. The Morgan fingerprint density at radius 1 is 1.26 bits per heavy atom. The van der Waals surface area contributed by atoms with E-state index < -0.39 is 24.1 Å². The van der Waals surface area contributed by atoms with Crippen LogP contribution < -0.4 is 0 Å². The van der Waals surface area contributed by atoms with Crippen LogP contribution in [0.5, 0.6) is 0 Å². The molecule has 6 nitrogen and oxygen atoms in total. The van der Waals surface area contributed by atoms with Crippen molar-refractivity contribution in [3.8, 4) is 0 Å². The molecule has 1 rings (SSSR count). The maximum atomic E-state index is 11.7. The second-order valence-corrected chi connectivity index (χ2v) is 3.82. The molecule has 102 valence electrons. The molecule has 1 amide bonds. The first-order valence-corrected chi connectivity index (χ1v) is 5.78. The van der Waals surface area contributed by atoms with Gasteiger partial charge in [0.1, 0.15) is 6.04 Å². The summed E-state index contributed by atoms with van der Waals surface area (Å²) in [5.74, 6) is -1.97. The first kappa shape index (κ1) is 14.7. The van der Waals surface area contributed by atoms with Gasteiger partial charge in [-0.25, -0.2) is 14.4 Å². The van der Waals surface area contributed by atoms with E-state index in [1.54, 1.807) is 25.1 Å². The van der Waals surface area contributed by atoms with Crippen LogP contribution in [0.25, 0.3) is 0 Å². The molecule has 6 heteroatoms. The summed E-state index contributed by atoms with van der Waals surface area (Å²) in [4.78, 5) is 35.2. The minimum Gasteiger partial charge on any atom is -0.480 e. The van der Waals surface area contributed by atoms with E-state index in [1.165, 1.54) is 19.1 Å². The normalized spacial score (nSPS) is 11.5. The molecule has 0 radical (unpaired) electrons. The van der Waals surface area contributed by atoms with Crippen molar-refractivity contribution >= 4 is 18.0 Å². The van der Waals surface area contributed by atoms with Crippen molar-refractivity contribution in [3.63, 3.8) is 0 Å². The molecule has 0 saturated heterocycles. The number of likely N-dealkylation sites (N-methyl/N-ethyl adjacent to an activating group) is 1. The van der Waals surface area contributed by atoms with E-state index in [-0.39, 0.29) is 12.1 Å². The highest BCUT2D eigenvalue weighted by Crippen LogP contribution is 2.06. The number of amides is 1. The van der Waals surface area contributed by atoms with E-state index in [4.69, 9.17) is 5.11 Å². The molecular weight excluding hydrogens is 250 g/mol. The summed E-state index contributed by atoms with van der Waals surface area (Å²) < 4.78 is 4.65. The summed E-state index contributed by atoms with van der Waals surface area (Å²) >= 11 is 0. The number of benzene rings is 1. The molecule has 0 saturated carbocycles. The van der Waals surface area contributed by atoms with Crippen molar-refractivity contribution in [2.45, 2.75) is 19.9 Å². The number of hydrogen-bond donors (Lipinski definition) is 1. The average Bonchev–Trinajstić information content (AvgIpc) is 2.40. The molecule has 1 aromatic rings. The van der Waals surface area contributed by atoms with Gasteiger partial charge in [0.05, 0.1) is 5.56 Å². The van der Waals surface area contributed by atoms with Crippen molar-refractivity contribution in [2.24, 2.45) is 0 Å². The van der Waals surface area contributed by atoms with Gasteiger partial charge in [0.25, 0.3) is 0 Å². The lowest BCUT2D eigenvalue weighted by atomic mass is 10.2. The lowest BCUT2D eigenvalue weighted by Gasteiger charge is -2.23. The van der Waals surface area contributed by atoms with Gasteiger partial charge in [-0.3, -0.25) is 4.90 Å². The molecule has 0 unspecified atom stereocenters. The Bertz CT molecular complexity index is 471. The highest BCUT2D eigenvalue weighted by molar-refractivity contribution is 5.97. The van der Waals surface area contributed by atoms with Gasteiger partial charge in [0, 0.05) is 6.54 Å². The summed E-state index contributed by atoms with van der Waals surface area (Å²) in [5.41, 5.74) is 0.231. The number of esters is 1. The van der Waals surface area contributed by atoms with Crippen LogP contribution in [0, 0.1) is 0 Å². The first-order chi connectivity index (χ1) is 8.97. The molecule has 0 spiro atoms. The molecule has 1 N–H and O–H groups in total. The van der Waals surface area contributed by atoms with E-state index in [9.17, 15) is 14.4 Å². The van der Waals surface area contributed by atoms with E-state index in [0.29, 0.717) is 0 Å². The maximum Gasteiger partial charge on any atom is 0.418 e. The number of carbonyl (C=O) groups excluding carboxylic acids is 2. The van der Waals surface area contributed by atoms with Gasteiger partial charge in [0.2, 0.25) is 0 Å². The Kier molecular flexibility index (Phi) is 5.05. The van der Waals surface area contributed by atoms with Crippen molar-refractivity contribution in [3.05, 3.63) is 35.9 Å². The zero-order chi connectivity index (χ0) is 14.4. The summed E-state index contributed by atoms with van der Waals surface area (Å²) in [5, 5.41) is 8.85. The van der Waals surface area contributed by atoms with Crippen molar-refractivity contribution in [2.75, 3.05) is 6.54 Å². The third-order valence-electron chi connectivity index (χ3n) is 2.59. The number of carboxylic acids is 1. The molecule has 1 aromatic carbocycles. The summed E-state index contributed by atoms with van der Waals surface area (Å²) in [6.45, 7) is 3.09. The minimum absolute atomic E-state index is 0.133. The van der Waals surface area contributed by atoms with E-state index in [1.807, 2.05) is 0 Å². The van der Waals surface area contributed by atoms with Gasteiger partial charge >= 0.3 is 18.0 Å². The third-order valence-corrected chi connectivity index (χ3v) is 2.59. The van der Waals surface area contributed by atoms with E-state index >= 15 is 0 Å². The number of hydrogen-bond acceptors (Lipinski definition) is 4. The Morgan fingerprint density at radius 2 is 1.84 bits per heavy atom. The number of aliphatic carboxylic acids is 1. The predicted molar refractivity (Wildman–Crippen MR) is 66.7 cm³/mol. The maximum absolute atomic E-state index is 11.7. The number of nitrogens with zero attached hydrogens (tertiary/aromatic N) is 1. The monoisotopic (exact) mass is 265 g/mol. The average molecular weight is 265 g/mol. The summed E-state index contributed by atoms with van der Waals surface area (Å²) in [6, 6.07) is 6.96. The Hall–Kier alpha value is -2.37. The molecular formula is C13H15NO5. The van der Waals surface area contributed by atoms with Crippen LogP contribution in [0.2, 0.25) is 0 Å². The summed E-state index contributed by atoms with van der Waals surface area (Å²) in [6.07, 6.45) is -0.966. The van der Waals surface area contributed by atoms with Gasteiger partial charge in [-0.15, -0.1) is 0 Å². The quantitative estimate of drug-likeness (QED) is 0.662. The smallest absolute Gasteiger partial charge is 0.418 e. The van der Waals surface area contributed by atoms with Crippen LogP contribution in [0.3, 0.4) is 0 Å². The number of rotatable bonds is 4. The molecule has 0 bridgehead atoms. The Balaban J connectivity index is 2.73. The van der Waals surface area contributed by atoms with Crippen molar-refractivity contribution in [1.29, 1.82) is 0 Å². The fourth-order valence-electron chi connectivity index (χ4n) is 1.47. The number of ether oxygens (including phenoxy) is 1. The van der Waals surface area contributed by atoms with Gasteiger partial charge in [-0.1, -0.05) is 18.2 Å². The molecule has 0 aliphatic heterocycles. The number of carbonyl (C=O) groups is 3. The van der Waals surface area contributed by atoms with Gasteiger partial charge < -0.3 is 9.84 Å². The Labute approximate surface area is 110 Å². The molecule has 19 heavy (non-hydrogen) atoms. The Morgan fingerprint density at radius 3 is 2.32 bits per heavy atom. The number of carboxylic acid groups (broad SMARTS) is 1.